The number of amides is 2. The largest absolute Gasteiger partial charge is 0.457 e. The molecule has 0 atom stereocenters. The Morgan fingerprint density at radius 1 is 0.826 bits per heavy atom. The van der Waals surface area contributed by atoms with E-state index in [-0.39, 0.29) is 18.4 Å². The van der Waals surface area contributed by atoms with Crippen LogP contribution in [0.4, 0.5) is 0 Å². The molecule has 0 N–H and O–H groups in total. The number of ether oxygens (including phenoxy) is 1. The Bertz CT molecular complexity index is 723. The molecule has 0 radical (unpaired) electrons. The first kappa shape index (κ1) is 14.8. The van der Waals surface area contributed by atoms with Gasteiger partial charge in [0.05, 0.1) is 5.56 Å². The highest BCUT2D eigenvalue weighted by molar-refractivity contribution is 6.02. The molecule has 1 fully saturated rings. The van der Waals surface area contributed by atoms with Crippen molar-refractivity contribution in [2.24, 2.45) is 0 Å². The Labute approximate surface area is 132 Å². The molecular weight excluding hydrogens is 298 g/mol. The molecule has 0 saturated carbocycles. The standard InChI is InChI=1S/C17H13NO5/c19-15-10-11-16(20)18(15)23-17(21)12-6-8-14(9-7-12)22-13-4-2-1-3-5-13/h1-9H,10-11H2. The monoisotopic (exact) mass is 311 g/mol. The van der Waals surface area contributed by atoms with Gasteiger partial charge in [0.1, 0.15) is 11.5 Å². The second-order valence-electron chi connectivity index (χ2n) is 4.90. The van der Waals surface area contributed by atoms with Gasteiger partial charge in [-0.3, -0.25) is 9.59 Å². The molecule has 6 nitrogen and oxygen atoms in total. The van der Waals surface area contributed by atoms with E-state index in [0.29, 0.717) is 16.6 Å². The summed E-state index contributed by atoms with van der Waals surface area (Å²) in [5, 5.41) is 0.525. The molecule has 0 unspecified atom stereocenters. The number of hydrogen-bond acceptors (Lipinski definition) is 5. The fourth-order valence-corrected chi connectivity index (χ4v) is 2.08. The molecule has 2 amide bonds. The van der Waals surface area contributed by atoms with Crippen molar-refractivity contribution in [1.29, 1.82) is 0 Å². The van der Waals surface area contributed by atoms with Gasteiger partial charge in [-0.25, -0.2) is 4.79 Å². The molecule has 0 aromatic heterocycles. The van der Waals surface area contributed by atoms with Crippen molar-refractivity contribution in [3.05, 3.63) is 60.2 Å². The highest BCUT2D eigenvalue weighted by Gasteiger charge is 2.33. The van der Waals surface area contributed by atoms with Gasteiger partial charge >= 0.3 is 5.97 Å². The lowest BCUT2D eigenvalue weighted by Gasteiger charge is -2.12. The van der Waals surface area contributed by atoms with Gasteiger partial charge < -0.3 is 9.57 Å². The summed E-state index contributed by atoms with van der Waals surface area (Å²) in [7, 11) is 0. The summed E-state index contributed by atoms with van der Waals surface area (Å²) in [5.41, 5.74) is 0.220. The lowest BCUT2D eigenvalue weighted by molar-refractivity contribution is -0.172. The summed E-state index contributed by atoms with van der Waals surface area (Å²) in [6, 6.07) is 15.4. The zero-order chi connectivity index (χ0) is 16.2. The first-order valence-corrected chi connectivity index (χ1v) is 7.04. The lowest BCUT2D eigenvalue weighted by Crippen LogP contribution is -2.32. The SMILES string of the molecule is O=C(ON1C(=O)CCC1=O)c1ccc(Oc2ccccc2)cc1. The molecule has 116 valence electrons. The molecule has 2 aromatic carbocycles. The highest BCUT2D eigenvalue weighted by Crippen LogP contribution is 2.22. The van der Waals surface area contributed by atoms with Crippen molar-refractivity contribution in [3.63, 3.8) is 0 Å². The second kappa shape index (κ2) is 6.31. The number of rotatable bonds is 4. The maximum Gasteiger partial charge on any atom is 0.363 e. The zero-order valence-corrected chi connectivity index (χ0v) is 12.1. The van der Waals surface area contributed by atoms with E-state index in [1.165, 1.54) is 12.1 Å². The Hall–Kier alpha value is -3.15. The fraction of sp³-hybridized carbons (Fsp3) is 0.118. The van der Waals surface area contributed by atoms with Gasteiger partial charge in [-0.1, -0.05) is 18.2 Å². The molecule has 6 heteroatoms. The molecule has 0 aliphatic carbocycles. The van der Waals surface area contributed by atoms with E-state index in [1.807, 2.05) is 30.3 Å². The van der Waals surface area contributed by atoms with Crippen LogP contribution in [0.25, 0.3) is 0 Å². The van der Waals surface area contributed by atoms with Gasteiger partial charge in [0.25, 0.3) is 11.8 Å². The number of hydroxylamine groups is 2. The molecule has 0 spiro atoms. The van der Waals surface area contributed by atoms with Crippen molar-refractivity contribution in [2.45, 2.75) is 12.8 Å². The van der Waals surface area contributed by atoms with Crippen LogP contribution in [-0.4, -0.2) is 22.8 Å². The average Bonchev–Trinajstić information content (AvgIpc) is 2.88. The summed E-state index contributed by atoms with van der Waals surface area (Å²) in [4.78, 5) is 39.6. The molecule has 2 aromatic rings. The Morgan fingerprint density at radius 3 is 2.00 bits per heavy atom. The number of carbonyl (C=O) groups is 3. The maximum atomic E-state index is 12.0. The first-order valence-electron chi connectivity index (χ1n) is 7.04. The molecule has 0 bridgehead atoms. The third-order valence-corrected chi connectivity index (χ3v) is 3.25. The lowest BCUT2D eigenvalue weighted by atomic mass is 10.2. The van der Waals surface area contributed by atoms with Crippen LogP contribution >= 0.6 is 0 Å². The Morgan fingerprint density at radius 2 is 1.39 bits per heavy atom. The van der Waals surface area contributed by atoms with Crippen LogP contribution < -0.4 is 4.74 Å². The minimum atomic E-state index is -0.764. The summed E-state index contributed by atoms with van der Waals surface area (Å²) < 4.78 is 5.61. The van der Waals surface area contributed by atoms with Crippen LogP contribution in [0.1, 0.15) is 23.2 Å². The van der Waals surface area contributed by atoms with Crippen LogP contribution in [0.15, 0.2) is 54.6 Å². The average molecular weight is 311 g/mol. The van der Waals surface area contributed by atoms with Crippen molar-refractivity contribution in [2.75, 3.05) is 0 Å². The Balaban J connectivity index is 1.66. The second-order valence-corrected chi connectivity index (χ2v) is 4.90. The van der Waals surface area contributed by atoms with Crippen LogP contribution in [0, 0.1) is 0 Å². The molecule has 23 heavy (non-hydrogen) atoms. The molecule has 3 rings (SSSR count). The Kier molecular flexibility index (Phi) is 4.05. The van der Waals surface area contributed by atoms with E-state index >= 15 is 0 Å². The minimum Gasteiger partial charge on any atom is -0.457 e. The van der Waals surface area contributed by atoms with Crippen molar-refractivity contribution in [3.8, 4) is 11.5 Å². The van der Waals surface area contributed by atoms with Gasteiger partial charge in [0.2, 0.25) is 0 Å². The van der Waals surface area contributed by atoms with E-state index in [2.05, 4.69) is 0 Å². The van der Waals surface area contributed by atoms with Crippen LogP contribution in [0.2, 0.25) is 0 Å². The van der Waals surface area contributed by atoms with E-state index in [0.717, 1.165) is 0 Å². The number of hydrogen-bond donors (Lipinski definition) is 0. The third kappa shape index (κ3) is 3.37. The molecule has 1 aliphatic rings. The van der Waals surface area contributed by atoms with Crippen LogP contribution in [0.5, 0.6) is 11.5 Å². The molecule has 1 aliphatic heterocycles. The summed E-state index contributed by atoms with van der Waals surface area (Å²) in [6.45, 7) is 0. The van der Waals surface area contributed by atoms with Crippen molar-refractivity contribution >= 4 is 17.8 Å². The van der Waals surface area contributed by atoms with Gasteiger partial charge in [0.15, 0.2) is 0 Å². The summed E-state index contributed by atoms with van der Waals surface area (Å²) in [5.74, 6) is -0.545. The van der Waals surface area contributed by atoms with Crippen LogP contribution in [0.3, 0.4) is 0 Å². The van der Waals surface area contributed by atoms with Gasteiger partial charge in [-0.15, -0.1) is 5.06 Å². The number of imide groups is 1. The quantitative estimate of drug-likeness (QED) is 0.812. The number of nitrogens with zero attached hydrogens (tertiary/aromatic N) is 1. The van der Waals surface area contributed by atoms with Gasteiger partial charge in [-0.2, -0.15) is 0 Å². The van der Waals surface area contributed by atoms with Crippen molar-refractivity contribution < 1.29 is 24.0 Å². The maximum absolute atomic E-state index is 12.0. The summed E-state index contributed by atoms with van der Waals surface area (Å²) in [6.07, 6.45) is 0.131. The number of benzene rings is 2. The first-order chi connectivity index (χ1) is 11.1. The third-order valence-electron chi connectivity index (χ3n) is 3.25. The smallest absolute Gasteiger partial charge is 0.363 e. The fourth-order valence-electron chi connectivity index (χ4n) is 2.08. The molecular formula is C17H13NO5. The van der Waals surface area contributed by atoms with E-state index < -0.39 is 17.8 Å². The molecule has 1 saturated heterocycles. The van der Waals surface area contributed by atoms with Crippen molar-refractivity contribution in [1.82, 2.24) is 5.06 Å². The van der Waals surface area contributed by atoms with E-state index in [4.69, 9.17) is 9.57 Å². The van der Waals surface area contributed by atoms with Gasteiger partial charge in [0, 0.05) is 12.8 Å². The highest BCUT2D eigenvalue weighted by atomic mass is 16.7. The predicted octanol–water partition coefficient (Wildman–Crippen LogP) is 2.70. The minimum absolute atomic E-state index is 0.0654. The zero-order valence-electron chi connectivity index (χ0n) is 12.1. The van der Waals surface area contributed by atoms with E-state index in [1.54, 1.807) is 12.1 Å². The predicted molar refractivity (Wildman–Crippen MR) is 79.5 cm³/mol. The van der Waals surface area contributed by atoms with Gasteiger partial charge in [-0.05, 0) is 36.4 Å². The van der Waals surface area contributed by atoms with E-state index in [9.17, 15) is 14.4 Å². The summed E-state index contributed by atoms with van der Waals surface area (Å²) >= 11 is 0. The topological polar surface area (TPSA) is 72.9 Å². The molecule has 1 heterocycles. The normalized spacial score (nSPS) is 14.0. The number of carbonyl (C=O) groups excluding carboxylic acids is 3. The number of para-hydroxylation sites is 1. The van der Waals surface area contributed by atoms with Crippen LogP contribution in [-0.2, 0) is 14.4 Å².